The van der Waals surface area contributed by atoms with Gasteiger partial charge in [-0.25, -0.2) is 10.2 Å². The third-order valence-electron chi connectivity index (χ3n) is 4.15. The van der Waals surface area contributed by atoms with E-state index in [4.69, 9.17) is 9.84 Å². The fraction of sp³-hybridized carbons (Fsp3) is 0.316. The predicted molar refractivity (Wildman–Crippen MR) is 100 cm³/mol. The Balaban J connectivity index is 1.65. The summed E-state index contributed by atoms with van der Waals surface area (Å²) >= 11 is 1.55. The van der Waals surface area contributed by atoms with Crippen LogP contribution in [0.15, 0.2) is 35.4 Å². The number of aryl methyl sites for hydroxylation is 2. The molecule has 1 amide bonds. The first-order chi connectivity index (χ1) is 12.6. The molecular weight excluding hydrogens is 352 g/mol. The van der Waals surface area contributed by atoms with Crippen molar-refractivity contribution in [2.75, 3.05) is 6.61 Å². The summed E-state index contributed by atoms with van der Waals surface area (Å²) in [6, 6.07) is 8.94. The van der Waals surface area contributed by atoms with Gasteiger partial charge in [0.15, 0.2) is 6.61 Å². The Hall–Kier alpha value is -2.67. The third-order valence-corrected chi connectivity index (χ3v) is 5.38. The van der Waals surface area contributed by atoms with Crippen molar-refractivity contribution in [1.82, 2.24) is 5.43 Å². The number of nitrogens with zero attached hydrogens (tertiary/aromatic N) is 1. The van der Waals surface area contributed by atoms with E-state index >= 15 is 0 Å². The van der Waals surface area contributed by atoms with Crippen molar-refractivity contribution in [3.8, 4) is 5.75 Å². The highest BCUT2D eigenvalue weighted by atomic mass is 32.1. The Bertz CT molecular complexity index is 818. The van der Waals surface area contributed by atoms with Crippen molar-refractivity contribution in [2.24, 2.45) is 5.10 Å². The van der Waals surface area contributed by atoms with E-state index in [1.807, 2.05) is 13.0 Å². The van der Waals surface area contributed by atoms with Crippen LogP contribution in [0.1, 0.15) is 45.4 Å². The molecule has 1 aliphatic rings. The lowest BCUT2D eigenvalue weighted by atomic mass is 10.1. The van der Waals surface area contributed by atoms with Gasteiger partial charge in [0, 0.05) is 4.88 Å². The summed E-state index contributed by atoms with van der Waals surface area (Å²) in [6.45, 7) is 1.58. The van der Waals surface area contributed by atoms with Gasteiger partial charge in [0.1, 0.15) is 5.75 Å². The van der Waals surface area contributed by atoms with E-state index in [1.54, 1.807) is 35.6 Å². The Morgan fingerprint density at radius 2 is 2.04 bits per heavy atom. The topological polar surface area (TPSA) is 88.0 Å². The average Bonchev–Trinajstić information content (AvgIpc) is 3.23. The quantitative estimate of drug-likeness (QED) is 0.577. The van der Waals surface area contributed by atoms with Crippen molar-refractivity contribution in [2.45, 2.75) is 32.6 Å². The smallest absolute Gasteiger partial charge is 0.341 e. The second-order valence-electron chi connectivity index (χ2n) is 5.97. The first-order valence-corrected chi connectivity index (χ1v) is 9.32. The number of hydrazone groups is 1. The summed E-state index contributed by atoms with van der Waals surface area (Å²) in [7, 11) is 0. The molecule has 0 bridgehead atoms. The van der Waals surface area contributed by atoms with E-state index in [0.717, 1.165) is 24.1 Å². The number of carbonyl (C=O) groups excluding carboxylic acids is 1. The van der Waals surface area contributed by atoms with Crippen LogP contribution in [-0.4, -0.2) is 29.3 Å². The van der Waals surface area contributed by atoms with Gasteiger partial charge >= 0.3 is 5.97 Å². The van der Waals surface area contributed by atoms with Crippen LogP contribution in [-0.2, 0) is 17.6 Å². The molecule has 7 heteroatoms. The average molecular weight is 372 g/mol. The van der Waals surface area contributed by atoms with Crippen molar-refractivity contribution < 1.29 is 19.4 Å². The number of hydrogen-bond donors (Lipinski definition) is 2. The lowest BCUT2D eigenvalue weighted by Gasteiger charge is -2.07. The fourth-order valence-corrected chi connectivity index (χ4v) is 3.99. The maximum Gasteiger partial charge on any atom is 0.341 e. The van der Waals surface area contributed by atoms with E-state index in [-0.39, 0.29) is 12.5 Å². The van der Waals surface area contributed by atoms with Crippen molar-refractivity contribution >= 4 is 28.9 Å². The lowest BCUT2D eigenvalue weighted by Crippen LogP contribution is -2.19. The number of carboxylic acid groups (broad SMARTS) is 1. The SMILES string of the molecule is CC/C(=N/NC(=O)c1cc2c(s1)CCC2)c1ccc(OCC(=O)O)cc1. The second kappa shape index (κ2) is 8.14. The van der Waals surface area contributed by atoms with E-state index < -0.39 is 5.97 Å². The second-order valence-corrected chi connectivity index (χ2v) is 7.11. The van der Waals surface area contributed by atoms with Gasteiger partial charge in [-0.1, -0.05) is 6.92 Å². The highest BCUT2D eigenvalue weighted by Gasteiger charge is 2.18. The number of rotatable bonds is 7. The van der Waals surface area contributed by atoms with Gasteiger partial charge in [0.2, 0.25) is 0 Å². The van der Waals surface area contributed by atoms with Crippen LogP contribution in [0.5, 0.6) is 5.75 Å². The van der Waals surface area contributed by atoms with E-state index in [1.165, 1.54) is 16.9 Å². The van der Waals surface area contributed by atoms with E-state index in [0.29, 0.717) is 17.0 Å². The molecule has 1 aromatic heterocycles. The standard InChI is InChI=1S/C19H20N2O4S/c1-2-15(12-6-8-14(9-7-12)25-11-18(22)23)20-21-19(24)17-10-13-4-3-5-16(13)26-17/h6-10H,2-5,11H2,1H3,(H,21,24)(H,22,23)/b20-15-. The molecule has 0 spiro atoms. The van der Waals surface area contributed by atoms with Gasteiger partial charge in [0.05, 0.1) is 10.6 Å². The van der Waals surface area contributed by atoms with Gasteiger partial charge in [0.25, 0.3) is 5.91 Å². The molecule has 6 nitrogen and oxygen atoms in total. The summed E-state index contributed by atoms with van der Waals surface area (Å²) in [6.07, 6.45) is 3.94. The number of thiophene rings is 1. The number of benzene rings is 1. The molecule has 136 valence electrons. The van der Waals surface area contributed by atoms with Crippen LogP contribution in [0.25, 0.3) is 0 Å². The molecule has 1 aliphatic carbocycles. The van der Waals surface area contributed by atoms with Crippen LogP contribution in [0.4, 0.5) is 0 Å². The molecule has 3 rings (SSSR count). The largest absolute Gasteiger partial charge is 0.482 e. The lowest BCUT2D eigenvalue weighted by molar-refractivity contribution is -0.139. The predicted octanol–water partition coefficient (Wildman–Crippen LogP) is 3.24. The van der Waals surface area contributed by atoms with Crippen molar-refractivity contribution in [1.29, 1.82) is 0 Å². The van der Waals surface area contributed by atoms with Gasteiger partial charge in [-0.3, -0.25) is 4.79 Å². The molecule has 1 aromatic carbocycles. The minimum atomic E-state index is -1.02. The normalized spacial score (nSPS) is 13.3. The summed E-state index contributed by atoms with van der Waals surface area (Å²) in [5, 5.41) is 12.9. The van der Waals surface area contributed by atoms with Crippen molar-refractivity contribution in [3.05, 3.63) is 51.2 Å². The summed E-state index contributed by atoms with van der Waals surface area (Å²) in [5.74, 6) is -0.729. The number of hydrogen-bond acceptors (Lipinski definition) is 5. The van der Waals surface area contributed by atoms with Crippen LogP contribution in [0.3, 0.4) is 0 Å². The Morgan fingerprint density at radius 3 is 2.69 bits per heavy atom. The zero-order valence-electron chi connectivity index (χ0n) is 14.4. The Labute approximate surface area is 155 Å². The van der Waals surface area contributed by atoms with E-state index in [2.05, 4.69) is 10.5 Å². The number of carboxylic acids is 1. The molecule has 0 atom stereocenters. The molecule has 2 N–H and O–H groups in total. The molecule has 1 heterocycles. The summed E-state index contributed by atoms with van der Waals surface area (Å²) < 4.78 is 5.11. The fourth-order valence-electron chi connectivity index (χ4n) is 2.85. The minimum absolute atomic E-state index is 0.184. The van der Waals surface area contributed by atoms with Gasteiger partial charge < -0.3 is 9.84 Å². The zero-order valence-corrected chi connectivity index (χ0v) is 15.3. The zero-order chi connectivity index (χ0) is 18.5. The van der Waals surface area contributed by atoms with Crippen molar-refractivity contribution in [3.63, 3.8) is 0 Å². The third kappa shape index (κ3) is 4.29. The highest BCUT2D eigenvalue weighted by Crippen LogP contribution is 2.30. The van der Waals surface area contributed by atoms with Gasteiger partial charge in [-0.15, -0.1) is 11.3 Å². The van der Waals surface area contributed by atoms with Crippen LogP contribution < -0.4 is 10.2 Å². The Morgan fingerprint density at radius 1 is 1.27 bits per heavy atom. The summed E-state index contributed by atoms with van der Waals surface area (Å²) in [4.78, 5) is 24.9. The van der Waals surface area contributed by atoms with Crippen LogP contribution in [0.2, 0.25) is 0 Å². The van der Waals surface area contributed by atoms with Gasteiger partial charge in [-0.2, -0.15) is 5.10 Å². The monoisotopic (exact) mass is 372 g/mol. The molecule has 0 fully saturated rings. The first-order valence-electron chi connectivity index (χ1n) is 8.50. The number of nitrogens with one attached hydrogen (secondary N) is 1. The number of amides is 1. The van der Waals surface area contributed by atoms with E-state index in [9.17, 15) is 9.59 Å². The molecule has 0 radical (unpaired) electrons. The highest BCUT2D eigenvalue weighted by molar-refractivity contribution is 7.14. The Kier molecular flexibility index (Phi) is 5.68. The van der Waals surface area contributed by atoms with Gasteiger partial charge in [-0.05, 0) is 67.1 Å². The molecule has 26 heavy (non-hydrogen) atoms. The summed E-state index contributed by atoms with van der Waals surface area (Å²) in [5.41, 5.74) is 5.52. The minimum Gasteiger partial charge on any atom is -0.482 e. The molecular formula is C19H20N2O4S. The van der Waals surface area contributed by atoms with Crippen LogP contribution in [0, 0.1) is 0 Å². The number of aliphatic carboxylic acids is 1. The molecule has 2 aromatic rings. The number of fused-ring (bicyclic) bond motifs is 1. The maximum atomic E-state index is 12.3. The molecule has 0 unspecified atom stereocenters. The molecule has 0 aliphatic heterocycles. The van der Waals surface area contributed by atoms with Crippen LogP contribution >= 0.6 is 11.3 Å². The number of carbonyl (C=O) groups is 2. The molecule has 0 saturated carbocycles. The first kappa shape index (κ1) is 18.1. The maximum absolute atomic E-state index is 12.3. The molecule has 0 saturated heterocycles. The number of ether oxygens (including phenoxy) is 1.